The molecule has 3 nitrogen and oxygen atoms in total. The van der Waals surface area contributed by atoms with E-state index in [-0.39, 0.29) is 17.0 Å². The van der Waals surface area contributed by atoms with Crippen molar-refractivity contribution in [3.63, 3.8) is 0 Å². The van der Waals surface area contributed by atoms with Crippen molar-refractivity contribution in [2.75, 3.05) is 0 Å². The first kappa shape index (κ1) is 16.4. The highest BCUT2D eigenvalue weighted by Crippen LogP contribution is 2.47. The van der Waals surface area contributed by atoms with Gasteiger partial charge in [0, 0.05) is 27.4 Å². The van der Waals surface area contributed by atoms with Crippen LogP contribution >= 0.6 is 11.6 Å². The van der Waals surface area contributed by atoms with Gasteiger partial charge in [0.25, 0.3) is 0 Å². The molecule has 3 aromatic rings. The summed E-state index contributed by atoms with van der Waals surface area (Å²) >= 11 is 6.40. The lowest BCUT2D eigenvalue weighted by Gasteiger charge is -2.28. The molecule has 0 aliphatic carbocycles. The lowest BCUT2D eigenvalue weighted by atomic mass is 9.82. The molecule has 2 N–H and O–H groups in total. The van der Waals surface area contributed by atoms with E-state index >= 15 is 0 Å². The highest BCUT2D eigenvalue weighted by molar-refractivity contribution is 6.36. The van der Waals surface area contributed by atoms with Crippen molar-refractivity contribution in [1.29, 1.82) is 5.26 Å². The summed E-state index contributed by atoms with van der Waals surface area (Å²) in [5.74, 6) is -1.93. The van der Waals surface area contributed by atoms with E-state index in [9.17, 15) is 14.0 Å². The van der Waals surface area contributed by atoms with Crippen LogP contribution in [0.4, 0.5) is 8.78 Å². The van der Waals surface area contributed by atoms with Gasteiger partial charge in [0.15, 0.2) is 0 Å². The van der Waals surface area contributed by atoms with Gasteiger partial charge in [-0.15, -0.1) is 0 Å². The molecule has 1 atom stereocenters. The molecule has 6 heteroatoms. The Morgan fingerprint density at radius 3 is 2.35 bits per heavy atom. The highest BCUT2D eigenvalue weighted by atomic mass is 35.5. The van der Waals surface area contributed by atoms with Crippen LogP contribution in [-0.4, -0.2) is 0 Å². The molecule has 0 amide bonds. The summed E-state index contributed by atoms with van der Waals surface area (Å²) in [6.07, 6.45) is 0. The maximum Gasteiger partial charge on any atom is 0.205 e. The minimum absolute atomic E-state index is 0.0776. The summed E-state index contributed by atoms with van der Waals surface area (Å²) < 4.78 is 33.3. The van der Waals surface area contributed by atoms with E-state index < -0.39 is 17.6 Å². The van der Waals surface area contributed by atoms with Gasteiger partial charge in [0.2, 0.25) is 5.88 Å². The molecule has 1 aliphatic heterocycles. The summed E-state index contributed by atoms with van der Waals surface area (Å²) in [5.41, 5.74) is 6.82. The van der Waals surface area contributed by atoms with Crippen LogP contribution in [0.2, 0.25) is 5.02 Å². The Kier molecular flexibility index (Phi) is 3.78. The van der Waals surface area contributed by atoms with Crippen LogP contribution in [0.25, 0.3) is 10.8 Å². The van der Waals surface area contributed by atoms with Crippen LogP contribution < -0.4 is 10.5 Å². The van der Waals surface area contributed by atoms with Crippen LogP contribution in [0.1, 0.15) is 17.0 Å². The largest absolute Gasteiger partial charge is 0.440 e. The smallest absolute Gasteiger partial charge is 0.205 e. The predicted molar refractivity (Wildman–Crippen MR) is 94.6 cm³/mol. The van der Waals surface area contributed by atoms with E-state index in [4.69, 9.17) is 22.1 Å². The Balaban J connectivity index is 2.07. The van der Waals surface area contributed by atoms with Crippen LogP contribution in [0, 0.1) is 23.0 Å². The van der Waals surface area contributed by atoms with Crippen molar-refractivity contribution in [2.45, 2.75) is 5.92 Å². The Hall–Kier alpha value is -3.10. The van der Waals surface area contributed by atoms with Crippen molar-refractivity contribution >= 4 is 22.4 Å². The van der Waals surface area contributed by atoms with Gasteiger partial charge in [-0.3, -0.25) is 0 Å². The number of fused-ring (bicyclic) bond motifs is 3. The molecule has 0 radical (unpaired) electrons. The molecule has 128 valence electrons. The maximum absolute atomic E-state index is 13.8. The molecule has 1 unspecified atom stereocenters. The first-order chi connectivity index (χ1) is 12.5. The Morgan fingerprint density at radius 2 is 1.69 bits per heavy atom. The monoisotopic (exact) mass is 368 g/mol. The van der Waals surface area contributed by atoms with E-state index in [1.54, 1.807) is 6.07 Å². The molecule has 26 heavy (non-hydrogen) atoms. The molecular formula is C20H11ClF2N2O. The summed E-state index contributed by atoms with van der Waals surface area (Å²) in [6, 6.07) is 14.1. The number of hydrogen-bond acceptors (Lipinski definition) is 3. The van der Waals surface area contributed by atoms with Gasteiger partial charge < -0.3 is 10.5 Å². The van der Waals surface area contributed by atoms with Gasteiger partial charge in [-0.2, -0.15) is 5.26 Å². The number of rotatable bonds is 1. The minimum Gasteiger partial charge on any atom is -0.440 e. The van der Waals surface area contributed by atoms with Gasteiger partial charge in [-0.1, -0.05) is 35.9 Å². The number of halogens is 3. The van der Waals surface area contributed by atoms with Crippen LogP contribution in [0.15, 0.2) is 60.0 Å². The second-order valence-corrected chi connectivity index (χ2v) is 6.36. The third-order valence-electron chi connectivity index (χ3n) is 4.39. The van der Waals surface area contributed by atoms with Crippen molar-refractivity contribution < 1.29 is 13.5 Å². The molecule has 4 rings (SSSR count). The maximum atomic E-state index is 13.8. The Labute approximate surface area is 152 Å². The zero-order valence-electron chi connectivity index (χ0n) is 13.3. The fourth-order valence-corrected chi connectivity index (χ4v) is 3.61. The number of ether oxygens (including phenoxy) is 1. The molecule has 0 saturated heterocycles. The van der Waals surface area contributed by atoms with Crippen molar-refractivity contribution in [3.05, 3.63) is 87.8 Å². The molecule has 0 fully saturated rings. The Morgan fingerprint density at radius 1 is 1.04 bits per heavy atom. The van der Waals surface area contributed by atoms with Gasteiger partial charge >= 0.3 is 0 Å². The highest BCUT2D eigenvalue weighted by Gasteiger charge is 2.33. The summed E-state index contributed by atoms with van der Waals surface area (Å²) in [5, 5.41) is 11.5. The zero-order chi connectivity index (χ0) is 18.4. The Bertz CT molecular complexity index is 1110. The van der Waals surface area contributed by atoms with E-state index in [0.29, 0.717) is 21.7 Å². The molecule has 3 aromatic carbocycles. The third kappa shape index (κ3) is 2.47. The topological polar surface area (TPSA) is 59.0 Å². The molecule has 0 saturated carbocycles. The van der Waals surface area contributed by atoms with Crippen molar-refractivity contribution in [3.8, 4) is 11.8 Å². The fraction of sp³-hybridized carbons (Fsp3) is 0.0500. The molecule has 0 aromatic heterocycles. The second-order valence-electron chi connectivity index (χ2n) is 5.95. The first-order valence-corrected chi connectivity index (χ1v) is 8.12. The van der Waals surface area contributed by atoms with Gasteiger partial charge in [0.05, 0.1) is 5.92 Å². The average molecular weight is 369 g/mol. The van der Waals surface area contributed by atoms with E-state index in [1.165, 1.54) is 12.1 Å². The molecule has 1 heterocycles. The number of benzene rings is 3. The summed E-state index contributed by atoms with van der Waals surface area (Å²) in [6.45, 7) is 0. The number of hydrogen-bond donors (Lipinski definition) is 1. The van der Waals surface area contributed by atoms with Crippen molar-refractivity contribution in [2.24, 2.45) is 5.73 Å². The summed E-state index contributed by atoms with van der Waals surface area (Å²) in [4.78, 5) is 0. The lowest BCUT2D eigenvalue weighted by molar-refractivity contribution is 0.398. The fourth-order valence-electron chi connectivity index (χ4n) is 3.32. The van der Waals surface area contributed by atoms with Gasteiger partial charge in [-0.05, 0) is 23.8 Å². The SMILES string of the molecule is N#CC1=C(N)Oc2c(cc(Cl)c3ccccc23)C1c1cc(F)cc(F)c1. The zero-order valence-corrected chi connectivity index (χ0v) is 14.0. The number of allylic oxidation sites excluding steroid dienone is 1. The summed E-state index contributed by atoms with van der Waals surface area (Å²) in [7, 11) is 0. The normalized spacial score (nSPS) is 16.2. The third-order valence-corrected chi connectivity index (χ3v) is 4.70. The molecule has 0 spiro atoms. The molecule has 1 aliphatic rings. The first-order valence-electron chi connectivity index (χ1n) is 7.74. The van der Waals surface area contributed by atoms with E-state index in [2.05, 4.69) is 0 Å². The number of nitrogens with two attached hydrogens (primary N) is 1. The average Bonchev–Trinajstić information content (AvgIpc) is 2.61. The second kappa shape index (κ2) is 6.01. The minimum atomic E-state index is -0.781. The standard InChI is InChI=1S/C20H11ClF2N2O/c21-17-8-15-18(10-5-11(22)7-12(23)6-10)16(9-24)20(25)26-19(15)14-4-2-1-3-13(14)17/h1-8,18H,25H2. The molecular weight excluding hydrogens is 358 g/mol. The van der Waals surface area contributed by atoms with Crippen LogP contribution in [0.3, 0.4) is 0 Å². The van der Waals surface area contributed by atoms with Gasteiger partial charge in [-0.25, -0.2) is 8.78 Å². The number of nitrogens with zero attached hydrogens (tertiary/aromatic N) is 1. The van der Waals surface area contributed by atoms with Crippen LogP contribution in [0.5, 0.6) is 5.75 Å². The van der Waals surface area contributed by atoms with Crippen LogP contribution in [-0.2, 0) is 0 Å². The number of nitriles is 1. The lowest BCUT2D eigenvalue weighted by Crippen LogP contribution is -2.21. The van der Waals surface area contributed by atoms with Crippen molar-refractivity contribution in [1.82, 2.24) is 0 Å². The quantitative estimate of drug-likeness (QED) is 0.658. The van der Waals surface area contributed by atoms with E-state index in [1.807, 2.05) is 30.3 Å². The van der Waals surface area contributed by atoms with Gasteiger partial charge in [0.1, 0.15) is 29.0 Å². The predicted octanol–water partition coefficient (Wildman–Crippen LogP) is 4.99. The molecule has 0 bridgehead atoms. The van der Waals surface area contributed by atoms with E-state index in [0.717, 1.165) is 11.5 Å².